The number of halogens is 2. The highest BCUT2D eigenvalue weighted by molar-refractivity contribution is 5.94. The fraction of sp³-hybridized carbons (Fsp3) is 0.588. The molecule has 2 saturated heterocycles. The Morgan fingerprint density at radius 3 is 2.43 bits per heavy atom. The lowest BCUT2D eigenvalue weighted by atomic mass is 10.1. The first-order chi connectivity index (χ1) is 11.1. The summed E-state index contributed by atoms with van der Waals surface area (Å²) in [6.07, 6.45) is 3.69. The van der Waals surface area contributed by atoms with Crippen LogP contribution in [0.25, 0.3) is 0 Å². The van der Waals surface area contributed by atoms with Gasteiger partial charge >= 0.3 is 0 Å². The fourth-order valence-electron chi connectivity index (χ4n) is 3.23. The molecule has 0 unspecified atom stereocenters. The van der Waals surface area contributed by atoms with Crippen molar-refractivity contribution in [2.75, 3.05) is 39.3 Å². The average molecular weight is 324 g/mol. The Hall–Kier alpha value is -1.53. The number of hydrogen-bond donors (Lipinski definition) is 0. The fourth-order valence-corrected chi connectivity index (χ4v) is 3.23. The predicted molar refractivity (Wildman–Crippen MR) is 82.3 cm³/mol. The maximum Gasteiger partial charge on any atom is 0.259 e. The maximum atomic E-state index is 13.7. The Morgan fingerprint density at radius 1 is 1.13 bits per heavy atom. The van der Waals surface area contributed by atoms with Crippen molar-refractivity contribution in [3.05, 3.63) is 35.4 Å². The van der Waals surface area contributed by atoms with E-state index in [-0.39, 0.29) is 6.10 Å². The van der Waals surface area contributed by atoms with E-state index in [1.165, 1.54) is 17.4 Å². The molecule has 1 aromatic carbocycles. The van der Waals surface area contributed by atoms with Gasteiger partial charge in [0.15, 0.2) is 0 Å². The van der Waals surface area contributed by atoms with Crippen molar-refractivity contribution in [3.63, 3.8) is 0 Å². The summed E-state index contributed by atoms with van der Waals surface area (Å²) in [5.41, 5.74) is -0.448. The van der Waals surface area contributed by atoms with Gasteiger partial charge in [-0.15, -0.1) is 0 Å². The average Bonchev–Trinajstić information content (AvgIpc) is 2.56. The van der Waals surface area contributed by atoms with E-state index >= 15 is 0 Å². The number of rotatable bonds is 3. The third-order valence-electron chi connectivity index (χ3n) is 4.57. The molecular formula is C17H22F2N2O2. The second-order valence-electron chi connectivity index (χ2n) is 6.18. The van der Waals surface area contributed by atoms with Gasteiger partial charge in [-0.05, 0) is 31.4 Å². The summed E-state index contributed by atoms with van der Waals surface area (Å²) in [4.78, 5) is 16.1. The van der Waals surface area contributed by atoms with Crippen LogP contribution in [-0.2, 0) is 4.74 Å². The Kier molecular flexibility index (Phi) is 5.23. The highest BCUT2D eigenvalue weighted by Gasteiger charge is 2.27. The minimum Gasteiger partial charge on any atom is -0.377 e. The summed E-state index contributed by atoms with van der Waals surface area (Å²) in [6, 6.07) is 3.50. The zero-order chi connectivity index (χ0) is 16.2. The van der Waals surface area contributed by atoms with Gasteiger partial charge in [0.1, 0.15) is 17.2 Å². The maximum absolute atomic E-state index is 13.7. The molecular weight excluding hydrogens is 302 g/mol. The lowest BCUT2D eigenvalue weighted by Gasteiger charge is -2.37. The summed E-state index contributed by atoms with van der Waals surface area (Å²) < 4.78 is 33.2. The van der Waals surface area contributed by atoms with Gasteiger partial charge in [0.25, 0.3) is 5.91 Å². The van der Waals surface area contributed by atoms with Crippen LogP contribution in [0.3, 0.4) is 0 Å². The predicted octanol–water partition coefficient (Wildman–Crippen LogP) is 2.29. The molecule has 0 aromatic heterocycles. The Labute approximate surface area is 135 Å². The Balaban J connectivity index is 1.55. The summed E-state index contributed by atoms with van der Waals surface area (Å²) in [5, 5.41) is 0. The van der Waals surface area contributed by atoms with Gasteiger partial charge in [0.2, 0.25) is 0 Å². The zero-order valence-corrected chi connectivity index (χ0v) is 13.1. The van der Waals surface area contributed by atoms with Crippen LogP contribution >= 0.6 is 0 Å². The largest absolute Gasteiger partial charge is 0.377 e. The number of carbonyl (C=O) groups excluding carboxylic acids is 1. The lowest BCUT2D eigenvalue weighted by Crippen LogP contribution is -2.51. The van der Waals surface area contributed by atoms with E-state index in [9.17, 15) is 13.6 Å². The number of carbonyl (C=O) groups is 1. The van der Waals surface area contributed by atoms with Crippen LogP contribution < -0.4 is 0 Å². The summed E-state index contributed by atoms with van der Waals surface area (Å²) in [6.45, 7) is 4.09. The molecule has 3 rings (SSSR count). The van der Waals surface area contributed by atoms with Gasteiger partial charge in [-0.3, -0.25) is 9.69 Å². The molecule has 23 heavy (non-hydrogen) atoms. The first-order valence-electron chi connectivity index (χ1n) is 8.22. The standard InChI is InChI=1S/C17H22F2N2O2/c18-14-5-3-6-15(19)16(14)17(22)21-9-7-20(8-10-21)12-13-4-1-2-11-23-13/h3,5-6,13H,1-2,4,7-12H2/t13-/m0/s1. The second kappa shape index (κ2) is 7.36. The van der Waals surface area contributed by atoms with Crippen LogP contribution in [0.4, 0.5) is 8.78 Å². The number of hydrogen-bond acceptors (Lipinski definition) is 3. The van der Waals surface area contributed by atoms with Gasteiger partial charge in [-0.25, -0.2) is 8.78 Å². The summed E-state index contributed by atoms with van der Waals surface area (Å²) in [5.74, 6) is -2.16. The van der Waals surface area contributed by atoms with Crippen molar-refractivity contribution in [3.8, 4) is 0 Å². The van der Waals surface area contributed by atoms with E-state index in [0.29, 0.717) is 26.2 Å². The number of nitrogens with zero attached hydrogens (tertiary/aromatic N) is 2. The molecule has 1 atom stereocenters. The second-order valence-corrected chi connectivity index (χ2v) is 6.18. The Morgan fingerprint density at radius 2 is 1.83 bits per heavy atom. The molecule has 0 radical (unpaired) electrons. The minimum absolute atomic E-state index is 0.273. The van der Waals surface area contributed by atoms with Crippen LogP contribution in [0, 0.1) is 11.6 Å². The van der Waals surface area contributed by atoms with Crippen LogP contribution in [0.5, 0.6) is 0 Å². The summed E-state index contributed by atoms with van der Waals surface area (Å²) >= 11 is 0. The van der Waals surface area contributed by atoms with Gasteiger partial charge in [-0.2, -0.15) is 0 Å². The zero-order valence-electron chi connectivity index (χ0n) is 13.1. The van der Waals surface area contributed by atoms with Gasteiger partial charge in [0.05, 0.1) is 6.10 Å². The van der Waals surface area contributed by atoms with E-state index < -0.39 is 23.1 Å². The molecule has 0 saturated carbocycles. The molecule has 0 N–H and O–H groups in total. The smallest absolute Gasteiger partial charge is 0.259 e. The first-order valence-corrected chi connectivity index (χ1v) is 8.22. The normalized spacial score (nSPS) is 23.0. The van der Waals surface area contributed by atoms with Crippen LogP contribution in [-0.4, -0.2) is 61.1 Å². The molecule has 2 heterocycles. The van der Waals surface area contributed by atoms with E-state index in [0.717, 1.165) is 38.1 Å². The third-order valence-corrected chi connectivity index (χ3v) is 4.57. The van der Waals surface area contributed by atoms with Crippen molar-refractivity contribution >= 4 is 5.91 Å². The minimum atomic E-state index is -0.798. The monoisotopic (exact) mass is 324 g/mol. The number of piperazine rings is 1. The van der Waals surface area contributed by atoms with Gasteiger partial charge in [0, 0.05) is 39.3 Å². The topological polar surface area (TPSA) is 32.8 Å². The molecule has 1 aromatic rings. The molecule has 0 spiro atoms. The molecule has 126 valence electrons. The first kappa shape index (κ1) is 16.3. The van der Waals surface area contributed by atoms with Crippen molar-refractivity contribution in [1.82, 2.24) is 9.80 Å². The molecule has 2 aliphatic heterocycles. The van der Waals surface area contributed by atoms with Crippen LogP contribution in [0.2, 0.25) is 0 Å². The third kappa shape index (κ3) is 3.87. The molecule has 0 aliphatic carbocycles. The molecule has 2 aliphatic rings. The van der Waals surface area contributed by atoms with Crippen LogP contribution in [0.15, 0.2) is 18.2 Å². The number of amides is 1. The quantitative estimate of drug-likeness (QED) is 0.855. The molecule has 4 nitrogen and oxygen atoms in total. The highest BCUT2D eigenvalue weighted by atomic mass is 19.1. The van der Waals surface area contributed by atoms with E-state index in [2.05, 4.69) is 4.90 Å². The van der Waals surface area contributed by atoms with Crippen LogP contribution in [0.1, 0.15) is 29.6 Å². The Bertz CT molecular complexity index is 533. The molecule has 0 bridgehead atoms. The van der Waals surface area contributed by atoms with Crippen molar-refractivity contribution in [2.24, 2.45) is 0 Å². The van der Waals surface area contributed by atoms with Gasteiger partial charge < -0.3 is 9.64 Å². The number of benzene rings is 1. The van der Waals surface area contributed by atoms with Crippen molar-refractivity contribution in [2.45, 2.75) is 25.4 Å². The van der Waals surface area contributed by atoms with Gasteiger partial charge in [-0.1, -0.05) is 6.07 Å². The SMILES string of the molecule is O=C(c1c(F)cccc1F)N1CCN(C[C@@H]2CCCCO2)CC1. The molecule has 1 amide bonds. The van der Waals surface area contributed by atoms with E-state index in [1.54, 1.807) is 0 Å². The van der Waals surface area contributed by atoms with E-state index in [1.807, 2.05) is 0 Å². The highest BCUT2D eigenvalue weighted by Crippen LogP contribution is 2.18. The van der Waals surface area contributed by atoms with E-state index in [4.69, 9.17) is 4.74 Å². The molecule has 2 fully saturated rings. The van der Waals surface area contributed by atoms with Crippen molar-refractivity contribution < 1.29 is 18.3 Å². The van der Waals surface area contributed by atoms with Crippen molar-refractivity contribution in [1.29, 1.82) is 0 Å². The molecule has 6 heteroatoms. The number of ether oxygens (including phenoxy) is 1. The summed E-state index contributed by atoms with van der Waals surface area (Å²) in [7, 11) is 0. The lowest BCUT2D eigenvalue weighted by molar-refractivity contribution is -0.0130.